The second kappa shape index (κ2) is 5.99. The molecule has 0 bridgehead atoms. The number of nitrogens with zero attached hydrogens (tertiary/aromatic N) is 3. The van der Waals surface area contributed by atoms with E-state index in [0.717, 1.165) is 0 Å². The van der Waals surface area contributed by atoms with E-state index in [4.69, 9.17) is 9.63 Å². The van der Waals surface area contributed by atoms with Crippen molar-refractivity contribution < 1.29 is 19.2 Å². The second-order valence-corrected chi connectivity index (χ2v) is 4.01. The lowest BCUT2D eigenvalue weighted by Gasteiger charge is -2.19. The van der Waals surface area contributed by atoms with Crippen molar-refractivity contribution in [3.05, 3.63) is 11.7 Å². The van der Waals surface area contributed by atoms with Gasteiger partial charge in [-0.05, 0) is 6.92 Å². The first kappa shape index (κ1) is 13.9. The summed E-state index contributed by atoms with van der Waals surface area (Å²) in [6, 6.07) is -0.390. The van der Waals surface area contributed by atoms with Crippen LogP contribution in [0.1, 0.15) is 18.6 Å². The molecule has 0 saturated heterocycles. The van der Waals surface area contributed by atoms with Crippen LogP contribution in [0.25, 0.3) is 0 Å². The van der Waals surface area contributed by atoms with Crippen LogP contribution in [0.4, 0.5) is 4.79 Å². The summed E-state index contributed by atoms with van der Waals surface area (Å²) in [4.78, 5) is 27.5. The predicted octanol–water partition coefficient (Wildman–Crippen LogP) is 0.240. The average molecular weight is 256 g/mol. The van der Waals surface area contributed by atoms with E-state index in [1.807, 2.05) is 0 Å². The number of carbonyl (C=O) groups is 2. The summed E-state index contributed by atoms with van der Waals surface area (Å²) in [5.74, 6) is -0.763. The number of aryl methyl sites for hydroxylation is 1. The SMILES string of the molecule is Cc1noc(CNC(=O)N(C)CC(C)C(=O)O)n1. The number of urea groups is 1. The van der Waals surface area contributed by atoms with Gasteiger partial charge in [-0.15, -0.1) is 0 Å². The molecule has 0 spiro atoms. The van der Waals surface area contributed by atoms with Gasteiger partial charge in [-0.1, -0.05) is 12.1 Å². The molecule has 1 aromatic heterocycles. The van der Waals surface area contributed by atoms with Crippen LogP contribution in [0.15, 0.2) is 4.52 Å². The lowest BCUT2D eigenvalue weighted by atomic mass is 10.2. The molecule has 100 valence electrons. The van der Waals surface area contributed by atoms with Gasteiger partial charge in [0.25, 0.3) is 0 Å². The molecule has 0 fully saturated rings. The standard InChI is InChI=1S/C10H16N4O4/c1-6(9(15)16)5-14(3)10(17)11-4-8-12-7(2)13-18-8/h6H,4-5H2,1-3H3,(H,11,17)(H,15,16). The van der Waals surface area contributed by atoms with Crippen molar-refractivity contribution in [1.29, 1.82) is 0 Å². The molecule has 0 aliphatic rings. The number of nitrogens with one attached hydrogen (secondary N) is 1. The lowest BCUT2D eigenvalue weighted by Crippen LogP contribution is -2.40. The van der Waals surface area contributed by atoms with Crippen molar-refractivity contribution in [2.75, 3.05) is 13.6 Å². The summed E-state index contributed by atoms with van der Waals surface area (Å²) < 4.78 is 4.83. The highest BCUT2D eigenvalue weighted by Gasteiger charge is 2.17. The van der Waals surface area contributed by atoms with E-state index in [0.29, 0.717) is 11.7 Å². The summed E-state index contributed by atoms with van der Waals surface area (Å²) in [6.45, 7) is 3.46. The molecule has 1 aromatic rings. The second-order valence-electron chi connectivity index (χ2n) is 4.01. The molecule has 1 rings (SSSR count). The molecule has 8 heteroatoms. The minimum atomic E-state index is -0.942. The topological polar surface area (TPSA) is 109 Å². The Labute approximate surface area is 104 Å². The molecule has 0 aliphatic carbocycles. The monoisotopic (exact) mass is 256 g/mol. The Morgan fingerprint density at radius 2 is 2.22 bits per heavy atom. The van der Waals surface area contributed by atoms with Gasteiger partial charge in [0.15, 0.2) is 5.82 Å². The third-order valence-electron chi connectivity index (χ3n) is 2.28. The maximum atomic E-state index is 11.6. The largest absolute Gasteiger partial charge is 0.481 e. The first-order chi connectivity index (χ1) is 8.40. The van der Waals surface area contributed by atoms with Crippen LogP contribution in [0.2, 0.25) is 0 Å². The van der Waals surface area contributed by atoms with Crippen LogP contribution in [0.5, 0.6) is 0 Å². The van der Waals surface area contributed by atoms with E-state index in [-0.39, 0.29) is 19.1 Å². The molecular weight excluding hydrogens is 240 g/mol. The molecule has 2 N–H and O–H groups in total. The van der Waals surface area contributed by atoms with Crippen LogP contribution in [-0.2, 0) is 11.3 Å². The van der Waals surface area contributed by atoms with Gasteiger partial charge in [-0.3, -0.25) is 4.79 Å². The van der Waals surface area contributed by atoms with Crippen LogP contribution >= 0.6 is 0 Å². The van der Waals surface area contributed by atoms with Gasteiger partial charge in [0.1, 0.15) is 0 Å². The number of hydrogen-bond donors (Lipinski definition) is 2. The molecule has 0 aliphatic heterocycles. The normalized spacial score (nSPS) is 11.9. The number of amides is 2. The fourth-order valence-corrected chi connectivity index (χ4v) is 1.27. The molecule has 0 radical (unpaired) electrons. The molecular formula is C10H16N4O4. The molecule has 0 aromatic carbocycles. The van der Waals surface area contributed by atoms with Crippen molar-refractivity contribution >= 4 is 12.0 Å². The van der Waals surface area contributed by atoms with Crippen LogP contribution in [0.3, 0.4) is 0 Å². The highest BCUT2D eigenvalue weighted by molar-refractivity contribution is 5.75. The molecule has 2 amide bonds. The summed E-state index contributed by atoms with van der Waals surface area (Å²) in [5.41, 5.74) is 0. The molecule has 18 heavy (non-hydrogen) atoms. The Kier molecular flexibility index (Phi) is 4.64. The third-order valence-corrected chi connectivity index (χ3v) is 2.28. The van der Waals surface area contributed by atoms with Crippen molar-refractivity contribution in [3.63, 3.8) is 0 Å². The van der Waals surface area contributed by atoms with Gasteiger partial charge < -0.3 is 19.8 Å². The molecule has 1 atom stereocenters. The molecule has 1 unspecified atom stereocenters. The zero-order valence-corrected chi connectivity index (χ0v) is 10.5. The van der Waals surface area contributed by atoms with Gasteiger partial charge >= 0.3 is 12.0 Å². The molecule has 8 nitrogen and oxygen atoms in total. The fraction of sp³-hybridized carbons (Fsp3) is 0.600. The van der Waals surface area contributed by atoms with Crippen molar-refractivity contribution in [2.45, 2.75) is 20.4 Å². The number of aromatic nitrogens is 2. The van der Waals surface area contributed by atoms with Gasteiger partial charge in [0.2, 0.25) is 5.89 Å². The number of aliphatic carboxylic acids is 1. The minimum Gasteiger partial charge on any atom is -0.481 e. The Balaban J connectivity index is 2.38. The van der Waals surface area contributed by atoms with Crippen molar-refractivity contribution in [1.82, 2.24) is 20.4 Å². The first-order valence-electron chi connectivity index (χ1n) is 5.41. The zero-order chi connectivity index (χ0) is 13.7. The zero-order valence-electron chi connectivity index (χ0n) is 10.5. The number of carboxylic acids is 1. The van der Waals surface area contributed by atoms with E-state index in [1.54, 1.807) is 6.92 Å². The summed E-state index contributed by atoms with van der Waals surface area (Å²) in [5, 5.41) is 14.9. The van der Waals surface area contributed by atoms with E-state index >= 15 is 0 Å². The highest BCUT2D eigenvalue weighted by atomic mass is 16.5. The number of hydrogen-bond acceptors (Lipinski definition) is 5. The maximum absolute atomic E-state index is 11.6. The average Bonchev–Trinajstić information content (AvgIpc) is 2.71. The number of carboxylic acid groups (broad SMARTS) is 1. The van der Waals surface area contributed by atoms with E-state index in [2.05, 4.69) is 15.5 Å². The quantitative estimate of drug-likeness (QED) is 0.781. The Morgan fingerprint density at radius 3 is 2.72 bits per heavy atom. The van der Waals surface area contributed by atoms with Crippen LogP contribution < -0.4 is 5.32 Å². The summed E-state index contributed by atoms with van der Waals surface area (Å²) >= 11 is 0. The highest BCUT2D eigenvalue weighted by Crippen LogP contribution is 1.99. The number of carbonyl (C=O) groups excluding carboxylic acids is 1. The fourth-order valence-electron chi connectivity index (χ4n) is 1.27. The van der Waals surface area contributed by atoms with Crippen LogP contribution in [0, 0.1) is 12.8 Å². The van der Waals surface area contributed by atoms with E-state index in [1.165, 1.54) is 18.9 Å². The van der Waals surface area contributed by atoms with Gasteiger partial charge in [-0.2, -0.15) is 4.98 Å². The van der Waals surface area contributed by atoms with Crippen molar-refractivity contribution in [3.8, 4) is 0 Å². The maximum Gasteiger partial charge on any atom is 0.317 e. The molecule has 0 saturated carbocycles. The van der Waals surface area contributed by atoms with Gasteiger partial charge in [-0.25, -0.2) is 4.79 Å². The molecule has 1 heterocycles. The summed E-state index contributed by atoms with van der Waals surface area (Å²) in [6.07, 6.45) is 0. The Hall–Kier alpha value is -2.12. The van der Waals surface area contributed by atoms with E-state index in [9.17, 15) is 9.59 Å². The number of rotatable bonds is 5. The van der Waals surface area contributed by atoms with Gasteiger partial charge in [0, 0.05) is 13.6 Å². The third kappa shape index (κ3) is 4.04. The smallest absolute Gasteiger partial charge is 0.317 e. The summed E-state index contributed by atoms with van der Waals surface area (Å²) in [7, 11) is 1.52. The van der Waals surface area contributed by atoms with Crippen molar-refractivity contribution in [2.24, 2.45) is 5.92 Å². The predicted molar refractivity (Wildman–Crippen MR) is 60.7 cm³/mol. The minimum absolute atomic E-state index is 0.117. The van der Waals surface area contributed by atoms with E-state index < -0.39 is 11.9 Å². The lowest BCUT2D eigenvalue weighted by molar-refractivity contribution is -0.141. The van der Waals surface area contributed by atoms with Crippen LogP contribution in [-0.4, -0.2) is 45.7 Å². The first-order valence-corrected chi connectivity index (χ1v) is 5.41. The Bertz CT molecular complexity index is 431. The van der Waals surface area contributed by atoms with Gasteiger partial charge in [0.05, 0.1) is 12.5 Å². The Morgan fingerprint density at radius 1 is 1.56 bits per heavy atom.